The van der Waals surface area contributed by atoms with Crippen molar-refractivity contribution in [1.29, 1.82) is 0 Å². The van der Waals surface area contributed by atoms with E-state index in [4.69, 9.17) is 21.2 Å². The Hall–Kier alpha value is -1.54. The quantitative estimate of drug-likeness (QED) is 0.290. The zero-order valence-corrected chi connectivity index (χ0v) is 11.8. The Morgan fingerprint density at radius 2 is 1.00 bits per heavy atom. The summed E-state index contributed by atoms with van der Waals surface area (Å²) in [6, 6.07) is 0. The summed E-state index contributed by atoms with van der Waals surface area (Å²) in [6.45, 7) is 10.6. The molecule has 8 heteroatoms. The molecule has 0 rings (SSSR count). The zero-order valence-electron chi connectivity index (χ0n) is 11.8. The average molecular weight is 264 g/mol. The van der Waals surface area contributed by atoms with Gasteiger partial charge in [-0.1, -0.05) is 0 Å². The van der Waals surface area contributed by atoms with Crippen LogP contribution >= 0.6 is 0 Å². The minimum atomic E-state index is -0.609. The molecule has 0 spiro atoms. The molecule has 2 amide bonds. The topological polar surface area (TPSA) is 129 Å². The van der Waals surface area contributed by atoms with Gasteiger partial charge in [-0.15, -0.1) is 0 Å². The van der Waals surface area contributed by atoms with Gasteiger partial charge < -0.3 is 9.47 Å². The van der Waals surface area contributed by atoms with Crippen LogP contribution in [0.1, 0.15) is 41.5 Å². The molecule has 0 aliphatic heterocycles. The highest BCUT2D eigenvalue weighted by molar-refractivity contribution is 5.67. The SMILES string of the molecule is CC(C)(C)OC(=O)NN.CC(C)(C)OC(=O)NN. The molecule has 0 aromatic carbocycles. The molecule has 0 heterocycles. The summed E-state index contributed by atoms with van der Waals surface area (Å²) >= 11 is 0. The van der Waals surface area contributed by atoms with Crippen molar-refractivity contribution in [1.82, 2.24) is 10.9 Å². The first-order valence-electron chi connectivity index (χ1n) is 5.30. The Kier molecular flexibility index (Phi) is 8.07. The smallest absolute Gasteiger partial charge is 0.421 e. The van der Waals surface area contributed by atoms with Crippen LogP contribution in [-0.4, -0.2) is 23.4 Å². The molecule has 0 saturated carbocycles. The van der Waals surface area contributed by atoms with Crippen LogP contribution in [0.3, 0.4) is 0 Å². The molecule has 6 N–H and O–H groups in total. The molecule has 18 heavy (non-hydrogen) atoms. The minimum absolute atomic E-state index is 0.469. The second-order valence-electron chi connectivity index (χ2n) is 5.29. The second-order valence-corrected chi connectivity index (χ2v) is 5.29. The van der Waals surface area contributed by atoms with Crippen LogP contribution in [0.4, 0.5) is 9.59 Å². The number of carbonyl (C=O) groups is 2. The first-order valence-corrected chi connectivity index (χ1v) is 5.30. The molecular weight excluding hydrogens is 240 g/mol. The van der Waals surface area contributed by atoms with Gasteiger partial charge in [0.05, 0.1) is 0 Å². The highest BCUT2D eigenvalue weighted by atomic mass is 16.6. The molecule has 0 bridgehead atoms. The van der Waals surface area contributed by atoms with Gasteiger partial charge in [-0.05, 0) is 41.5 Å². The fourth-order valence-electron chi connectivity index (χ4n) is 0.615. The summed E-state index contributed by atoms with van der Waals surface area (Å²) in [7, 11) is 0. The maximum absolute atomic E-state index is 10.4. The van der Waals surface area contributed by atoms with Crippen LogP contribution in [0.15, 0.2) is 0 Å². The van der Waals surface area contributed by atoms with E-state index in [1.54, 1.807) is 41.5 Å². The number of ether oxygens (including phenoxy) is 2. The maximum atomic E-state index is 10.4. The van der Waals surface area contributed by atoms with Crippen molar-refractivity contribution in [3.63, 3.8) is 0 Å². The van der Waals surface area contributed by atoms with E-state index in [9.17, 15) is 9.59 Å². The number of hydrogen-bond acceptors (Lipinski definition) is 6. The Labute approximate surface area is 107 Å². The summed E-state index contributed by atoms with van der Waals surface area (Å²) in [5.41, 5.74) is 2.78. The van der Waals surface area contributed by atoms with Crippen LogP contribution in [-0.2, 0) is 9.47 Å². The van der Waals surface area contributed by atoms with Crippen LogP contribution < -0.4 is 22.5 Å². The molecule has 0 aliphatic rings. The van der Waals surface area contributed by atoms with Crippen LogP contribution in [0, 0.1) is 0 Å². The number of amides is 2. The number of hydrazine groups is 2. The van der Waals surface area contributed by atoms with E-state index in [0.29, 0.717) is 0 Å². The van der Waals surface area contributed by atoms with Crippen LogP contribution in [0.2, 0.25) is 0 Å². The molecule has 0 atom stereocenters. The fraction of sp³-hybridized carbons (Fsp3) is 0.800. The van der Waals surface area contributed by atoms with E-state index in [1.807, 2.05) is 10.9 Å². The Morgan fingerprint density at radius 3 is 1.06 bits per heavy atom. The molecule has 108 valence electrons. The number of nitrogens with two attached hydrogens (primary N) is 2. The molecular formula is C10H24N4O4. The lowest BCUT2D eigenvalue weighted by molar-refractivity contribution is 0.0516. The lowest BCUT2D eigenvalue weighted by atomic mass is 10.2. The van der Waals surface area contributed by atoms with Crippen LogP contribution in [0.25, 0.3) is 0 Å². The van der Waals surface area contributed by atoms with Gasteiger partial charge in [0.15, 0.2) is 0 Å². The second kappa shape index (κ2) is 7.72. The summed E-state index contributed by atoms with van der Waals surface area (Å²) in [6.07, 6.45) is -1.22. The standard InChI is InChI=1S/2C5H12N2O2/c2*1-5(2,3)9-4(8)7-6/h2*6H2,1-3H3,(H,7,8). The normalized spacial score (nSPS) is 10.7. The zero-order chi connectivity index (χ0) is 15.0. The van der Waals surface area contributed by atoms with Gasteiger partial charge in [-0.25, -0.2) is 21.3 Å². The van der Waals surface area contributed by atoms with Gasteiger partial charge in [0, 0.05) is 0 Å². The van der Waals surface area contributed by atoms with Gasteiger partial charge in [0.2, 0.25) is 0 Å². The Morgan fingerprint density at radius 1 is 0.778 bits per heavy atom. The summed E-state index contributed by atoms with van der Waals surface area (Å²) in [5, 5.41) is 0. The summed E-state index contributed by atoms with van der Waals surface area (Å²) < 4.78 is 9.42. The first-order chi connectivity index (χ1) is 7.91. The first kappa shape index (κ1) is 18.8. The molecule has 8 nitrogen and oxygen atoms in total. The van der Waals surface area contributed by atoms with Gasteiger partial charge >= 0.3 is 12.2 Å². The van der Waals surface area contributed by atoms with Crippen LogP contribution in [0.5, 0.6) is 0 Å². The molecule has 0 fully saturated rings. The molecule has 0 aromatic rings. The number of carbonyl (C=O) groups excluding carboxylic acids is 2. The highest BCUT2D eigenvalue weighted by Gasteiger charge is 2.14. The van der Waals surface area contributed by atoms with E-state index in [0.717, 1.165) is 0 Å². The average Bonchev–Trinajstić information content (AvgIpc) is 2.13. The number of hydrogen-bond donors (Lipinski definition) is 4. The van der Waals surface area contributed by atoms with Crippen molar-refractivity contribution in [3.05, 3.63) is 0 Å². The summed E-state index contributed by atoms with van der Waals surface area (Å²) in [4.78, 5) is 20.7. The predicted octanol–water partition coefficient (Wildman–Crippen LogP) is 0.770. The highest BCUT2D eigenvalue weighted by Crippen LogP contribution is 2.06. The minimum Gasteiger partial charge on any atom is -0.443 e. The molecule has 0 saturated heterocycles. The Bertz CT molecular complexity index is 240. The van der Waals surface area contributed by atoms with Crippen molar-refractivity contribution in [2.75, 3.05) is 0 Å². The fourth-order valence-corrected chi connectivity index (χ4v) is 0.615. The van der Waals surface area contributed by atoms with E-state index in [1.165, 1.54) is 0 Å². The summed E-state index contributed by atoms with van der Waals surface area (Å²) in [5.74, 6) is 9.51. The van der Waals surface area contributed by atoms with Crippen molar-refractivity contribution < 1.29 is 19.1 Å². The van der Waals surface area contributed by atoms with Gasteiger partial charge in [0.25, 0.3) is 0 Å². The van der Waals surface area contributed by atoms with Crippen molar-refractivity contribution >= 4 is 12.2 Å². The molecule has 0 radical (unpaired) electrons. The lowest BCUT2D eigenvalue weighted by Gasteiger charge is -2.18. The molecule has 0 aliphatic carbocycles. The van der Waals surface area contributed by atoms with E-state index in [2.05, 4.69) is 0 Å². The van der Waals surface area contributed by atoms with Gasteiger partial charge in [-0.2, -0.15) is 0 Å². The number of rotatable bonds is 0. The maximum Gasteiger partial charge on any atom is 0.421 e. The van der Waals surface area contributed by atoms with Gasteiger partial charge in [-0.3, -0.25) is 10.9 Å². The molecule has 0 aromatic heterocycles. The third-order valence-corrected chi connectivity index (χ3v) is 1.03. The molecule has 0 unspecified atom stereocenters. The van der Waals surface area contributed by atoms with E-state index in [-0.39, 0.29) is 0 Å². The number of nitrogens with one attached hydrogen (secondary N) is 2. The van der Waals surface area contributed by atoms with Crippen molar-refractivity contribution in [3.8, 4) is 0 Å². The van der Waals surface area contributed by atoms with Crippen molar-refractivity contribution in [2.45, 2.75) is 52.7 Å². The monoisotopic (exact) mass is 264 g/mol. The van der Waals surface area contributed by atoms with Gasteiger partial charge in [0.1, 0.15) is 11.2 Å². The Balaban J connectivity index is 0. The predicted molar refractivity (Wildman–Crippen MR) is 67.1 cm³/mol. The third kappa shape index (κ3) is 16.9. The lowest BCUT2D eigenvalue weighted by Crippen LogP contribution is -2.36. The van der Waals surface area contributed by atoms with E-state index >= 15 is 0 Å². The van der Waals surface area contributed by atoms with Crippen molar-refractivity contribution in [2.24, 2.45) is 11.7 Å². The van der Waals surface area contributed by atoms with E-state index < -0.39 is 23.4 Å². The third-order valence-electron chi connectivity index (χ3n) is 1.03. The largest absolute Gasteiger partial charge is 0.443 e.